The van der Waals surface area contributed by atoms with Gasteiger partial charge >= 0.3 is 0 Å². The van der Waals surface area contributed by atoms with Crippen molar-refractivity contribution in [1.82, 2.24) is 24.8 Å². The van der Waals surface area contributed by atoms with Crippen LogP contribution in [-0.4, -0.2) is 86.9 Å². The predicted molar refractivity (Wildman–Crippen MR) is 146 cm³/mol. The highest BCUT2D eigenvalue weighted by Crippen LogP contribution is 2.26. The Morgan fingerprint density at radius 3 is 2.62 bits per heavy atom. The van der Waals surface area contributed by atoms with Gasteiger partial charge in [-0.15, -0.1) is 0 Å². The molecule has 1 saturated heterocycles. The first-order valence-electron chi connectivity index (χ1n) is 12.8. The molecule has 0 unspecified atom stereocenters. The SMILES string of the molecule is CN1CCNC(=O)c2cncc(c2)-c2cccc(c2)OC[C@@H]2C[C@@H](NS(=O)(=O)c3ccccc3)CN2C(=O)C1. The molecule has 10 nitrogen and oxygen atoms in total. The molecule has 11 heteroatoms. The molecule has 0 aliphatic carbocycles. The number of benzene rings is 2. The molecule has 2 amide bonds. The number of nitrogens with zero attached hydrogens (tertiary/aromatic N) is 3. The lowest BCUT2D eigenvalue weighted by Crippen LogP contribution is -2.46. The molecule has 2 atom stereocenters. The third kappa shape index (κ3) is 6.44. The lowest BCUT2D eigenvalue weighted by atomic mass is 10.1. The van der Waals surface area contributed by atoms with E-state index in [0.717, 1.165) is 11.1 Å². The number of fused-ring (bicyclic) bond motifs is 6. The van der Waals surface area contributed by atoms with Gasteiger partial charge in [0.1, 0.15) is 12.4 Å². The van der Waals surface area contributed by atoms with Gasteiger partial charge in [-0.3, -0.25) is 19.5 Å². The van der Waals surface area contributed by atoms with Gasteiger partial charge in [0.2, 0.25) is 15.9 Å². The van der Waals surface area contributed by atoms with Crippen LogP contribution in [0.2, 0.25) is 0 Å². The Hall–Kier alpha value is -3.80. The van der Waals surface area contributed by atoms with Gasteiger partial charge in [0.25, 0.3) is 5.91 Å². The smallest absolute Gasteiger partial charge is 0.252 e. The summed E-state index contributed by atoms with van der Waals surface area (Å²) >= 11 is 0. The van der Waals surface area contributed by atoms with Gasteiger partial charge < -0.3 is 15.0 Å². The number of pyridine rings is 1. The van der Waals surface area contributed by atoms with Gasteiger partial charge in [0.15, 0.2) is 0 Å². The van der Waals surface area contributed by atoms with Gasteiger partial charge in [-0.05, 0) is 49.4 Å². The van der Waals surface area contributed by atoms with Crippen molar-refractivity contribution in [2.24, 2.45) is 0 Å². The summed E-state index contributed by atoms with van der Waals surface area (Å²) in [6.45, 7) is 1.39. The molecule has 2 aliphatic rings. The van der Waals surface area contributed by atoms with E-state index in [9.17, 15) is 18.0 Å². The Balaban J connectivity index is 1.39. The fourth-order valence-electron chi connectivity index (χ4n) is 4.90. The third-order valence-corrected chi connectivity index (χ3v) is 8.44. The molecule has 0 saturated carbocycles. The Morgan fingerprint density at radius 2 is 1.79 bits per heavy atom. The standard InChI is InChI=1S/C28H31N5O5S/c1-32-11-10-30-28(35)22-12-21(15-29-16-22)20-6-5-7-25(13-20)38-19-24-14-23(17-33(24)27(34)18-32)31-39(36,37)26-8-3-2-4-9-26/h2-9,12-13,15-16,23-24,31H,10-11,14,17-19H2,1H3,(H,30,35)/t23-,24+/m1/s1. The molecule has 2 aliphatic heterocycles. The number of hydrogen-bond acceptors (Lipinski definition) is 7. The number of ether oxygens (including phenoxy) is 1. The molecule has 3 heterocycles. The average molecular weight is 550 g/mol. The Morgan fingerprint density at radius 1 is 1.00 bits per heavy atom. The maximum Gasteiger partial charge on any atom is 0.252 e. The van der Waals surface area contributed by atoms with Crippen molar-refractivity contribution < 1.29 is 22.7 Å². The average Bonchev–Trinajstić information content (AvgIpc) is 3.34. The Bertz CT molecular complexity index is 1450. The van der Waals surface area contributed by atoms with Crippen LogP contribution in [0, 0.1) is 0 Å². The summed E-state index contributed by atoms with van der Waals surface area (Å²) in [5.74, 6) is 0.228. The highest BCUT2D eigenvalue weighted by Gasteiger charge is 2.38. The van der Waals surface area contributed by atoms with Crippen molar-refractivity contribution in [1.29, 1.82) is 0 Å². The first-order chi connectivity index (χ1) is 18.8. The molecule has 5 rings (SSSR count). The summed E-state index contributed by atoms with van der Waals surface area (Å²) in [7, 11) is -1.93. The zero-order chi connectivity index (χ0) is 27.4. The number of likely N-dealkylation sites (N-methyl/N-ethyl adjacent to an activating group) is 1. The minimum Gasteiger partial charge on any atom is -0.491 e. The molecule has 3 aromatic rings. The van der Waals surface area contributed by atoms with Crippen molar-refractivity contribution >= 4 is 21.8 Å². The monoisotopic (exact) mass is 549 g/mol. The second-order valence-corrected chi connectivity index (χ2v) is 11.6. The maximum atomic E-state index is 13.4. The van der Waals surface area contributed by atoms with E-state index >= 15 is 0 Å². The molecule has 4 bridgehead atoms. The van der Waals surface area contributed by atoms with Crippen LogP contribution in [-0.2, 0) is 14.8 Å². The van der Waals surface area contributed by atoms with Crippen LogP contribution < -0.4 is 14.8 Å². The fraction of sp³-hybridized carbons (Fsp3) is 0.321. The molecular formula is C28H31N5O5S. The Kier molecular flexibility index (Phi) is 7.92. The first kappa shape index (κ1) is 26.8. The van der Waals surface area contributed by atoms with E-state index in [1.54, 1.807) is 47.5 Å². The van der Waals surface area contributed by atoms with Crippen LogP contribution in [0.3, 0.4) is 0 Å². The molecule has 0 spiro atoms. The fourth-order valence-corrected chi connectivity index (χ4v) is 6.16. The number of rotatable bonds is 3. The molecule has 204 valence electrons. The minimum atomic E-state index is -3.74. The first-order valence-corrected chi connectivity index (χ1v) is 14.3. The molecule has 2 aromatic carbocycles. The lowest BCUT2D eigenvalue weighted by Gasteiger charge is -2.27. The van der Waals surface area contributed by atoms with Crippen molar-refractivity contribution in [3.8, 4) is 16.9 Å². The predicted octanol–water partition coefficient (Wildman–Crippen LogP) is 1.75. The number of nitrogens with one attached hydrogen (secondary N) is 2. The zero-order valence-electron chi connectivity index (χ0n) is 21.6. The van der Waals surface area contributed by atoms with Crippen LogP contribution in [0.15, 0.2) is 78.0 Å². The normalized spacial score (nSPS) is 21.0. The van der Waals surface area contributed by atoms with Crippen molar-refractivity contribution in [2.75, 3.05) is 39.8 Å². The van der Waals surface area contributed by atoms with E-state index in [1.807, 2.05) is 36.2 Å². The van der Waals surface area contributed by atoms with Crippen LogP contribution in [0.4, 0.5) is 0 Å². The van der Waals surface area contributed by atoms with E-state index in [4.69, 9.17) is 4.74 Å². The summed E-state index contributed by atoms with van der Waals surface area (Å²) < 4.78 is 34.8. The largest absolute Gasteiger partial charge is 0.491 e. The summed E-state index contributed by atoms with van der Waals surface area (Å²) in [5, 5.41) is 2.89. The third-order valence-electron chi connectivity index (χ3n) is 6.90. The van der Waals surface area contributed by atoms with E-state index in [2.05, 4.69) is 15.0 Å². The van der Waals surface area contributed by atoms with Crippen molar-refractivity contribution in [3.63, 3.8) is 0 Å². The maximum absolute atomic E-state index is 13.4. The second kappa shape index (κ2) is 11.5. The minimum absolute atomic E-state index is 0.122. The van der Waals surface area contributed by atoms with E-state index in [1.165, 1.54) is 6.20 Å². The lowest BCUT2D eigenvalue weighted by molar-refractivity contribution is -0.133. The van der Waals surface area contributed by atoms with Crippen molar-refractivity contribution in [3.05, 3.63) is 78.6 Å². The number of aromatic nitrogens is 1. The van der Waals surface area contributed by atoms with Gasteiger partial charge in [-0.1, -0.05) is 30.3 Å². The number of sulfonamides is 1. The summed E-state index contributed by atoms with van der Waals surface area (Å²) in [6.07, 6.45) is 3.64. The molecule has 2 N–H and O–H groups in total. The van der Waals surface area contributed by atoms with Gasteiger partial charge in [-0.2, -0.15) is 0 Å². The van der Waals surface area contributed by atoms with Crippen LogP contribution in [0.25, 0.3) is 11.1 Å². The molecule has 0 radical (unpaired) electrons. The van der Waals surface area contributed by atoms with E-state index in [0.29, 0.717) is 30.8 Å². The number of amides is 2. The molecule has 1 fully saturated rings. The molecule has 39 heavy (non-hydrogen) atoms. The zero-order valence-corrected chi connectivity index (χ0v) is 22.4. The van der Waals surface area contributed by atoms with Crippen LogP contribution >= 0.6 is 0 Å². The highest BCUT2D eigenvalue weighted by molar-refractivity contribution is 7.89. The topological polar surface area (TPSA) is 121 Å². The van der Waals surface area contributed by atoms with E-state index in [-0.39, 0.29) is 42.4 Å². The summed E-state index contributed by atoms with van der Waals surface area (Å²) in [6, 6.07) is 16.7. The summed E-state index contributed by atoms with van der Waals surface area (Å²) in [4.78, 5) is 34.0. The van der Waals surface area contributed by atoms with Gasteiger partial charge in [0, 0.05) is 43.6 Å². The number of carbonyl (C=O) groups excluding carboxylic acids is 2. The van der Waals surface area contributed by atoms with E-state index < -0.39 is 16.1 Å². The molecular weight excluding hydrogens is 518 g/mol. The van der Waals surface area contributed by atoms with Crippen LogP contribution in [0.1, 0.15) is 16.8 Å². The van der Waals surface area contributed by atoms with Crippen LogP contribution in [0.5, 0.6) is 5.75 Å². The second-order valence-electron chi connectivity index (χ2n) is 9.86. The highest BCUT2D eigenvalue weighted by atomic mass is 32.2. The van der Waals surface area contributed by atoms with Gasteiger partial charge in [-0.25, -0.2) is 13.1 Å². The quantitative estimate of drug-likeness (QED) is 0.511. The number of carbonyl (C=O) groups is 2. The van der Waals surface area contributed by atoms with Gasteiger partial charge in [0.05, 0.1) is 23.0 Å². The summed E-state index contributed by atoms with van der Waals surface area (Å²) in [5.41, 5.74) is 2.07. The van der Waals surface area contributed by atoms with Crippen molar-refractivity contribution in [2.45, 2.75) is 23.4 Å². The number of hydrogen-bond donors (Lipinski definition) is 2. The Labute approximate surface area is 228 Å². The molecule has 1 aromatic heterocycles.